The highest BCUT2D eigenvalue weighted by molar-refractivity contribution is 5.81. The summed E-state index contributed by atoms with van der Waals surface area (Å²) in [5, 5.41) is 3.04. The van der Waals surface area contributed by atoms with Crippen molar-refractivity contribution in [1.82, 2.24) is 5.32 Å². The van der Waals surface area contributed by atoms with Crippen LogP contribution in [0.15, 0.2) is 0 Å². The summed E-state index contributed by atoms with van der Waals surface area (Å²) in [7, 11) is 0. The van der Waals surface area contributed by atoms with E-state index in [2.05, 4.69) is 26.1 Å². The molecule has 0 saturated heterocycles. The van der Waals surface area contributed by atoms with Gasteiger partial charge < -0.3 is 11.1 Å². The molecule has 0 aromatic heterocycles. The summed E-state index contributed by atoms with van der Waals surface area (Å²) in [6.45, 7) is 6.40. The van der Waals surface area contributed by atoms with Crippen molar-refractivity contribution in [1.29, 1.82) is 0 Å². The number of hydrogen-bond acceptors (Lipinski definition) is 2. The van der Waals surface area contributed by atoms with Gasteiger partial charge in [0.2, 0.25) is 5.91 Å². The lowest BCUT2D eigenvalue weighted by Crippen LogP contribution is -2.45. The summed E-state index contributed by atoms with van der Waals surface area (Å²) < 4.78 is 0. The van der Waals surface area contributed by atoms with E-state index in [1.165, 1.54) is 32.1 Å². The molecule has 1 aliphatic rings. The fraction of sp³-hybridized carbons (Fsp3) is 0.933. The molecular weight excluding hydrogens is 224 g/mol. The maximum atomic E-state index is 12.0. The molecule has 1 saturated carbocycles. The van der Waals surface area contributed by atoms with Crippen molar-refractivity contribution < 1.29 is 4.79 Å². The number of carbonyl (C=O) groups is 1. The van der Waals surface area contributed by atoms with Crippen molar-refractivity contribution >= 4 is 5.91 Å². The van der Waals surface area contributed by atoms with E-state index in [9.17, 15) is 4.79 Å². The van der Waals surface area contributed by atoms with E-state index in [-0.39, 0.29) is 18.0 Å². The van der Waals surface area contributed by atoms with Crippen molar-refractivity contribution in [3.63, 3.8) is 0 Å². The van der Waals surface area contributed by atoms with Gasteiger partial charge in [-0.25, -0.2) is 0 Å². The van der Waals surface area contributed by atoms with Gasteiger partial charge in [-0.1, -0.05) is 46.0 Å². The summed E-state index contributed by atoms with van der Waals surface area (Å²) in [5.74, 6) is 1.31. The average molecular weight is 254 g/mol. The van der Waals surface area contributed by atoms with E-state index in [0.29, 0.717) is 11.8 Å². The fourth-order valence-electron chi connectivity index (χ4n) is 3.00. The van der Waals surface area contributed by atoms with Crippen molar-refractivity contribution in [2.75, 3.05) is 0 Å². The lowest BCUT2D eigenvalue weighted by molar-refractivity contribution is -0.123. The highest BCUT2D eigenvalue weighted by Gasteiger charge is 2.22. The molecule has 1 fully saturated rings. The third-order valence-corrected chi connectivity index (χ3v) is 3.86. The van der Waals surface area contributed by atoms with Gasteiger partial charge in [0, 0.05) is 6.04 Å². The Hall–Kier alpha value is -0.570. The smallest absolute Gasteiger partial charge is 0.237 e. The van der Waals surface area contributed by atoms with Crippen LogP contribution in [0.5, 0.6) is 0 Å². The van der Waals surface area contributed by atoms with E-state index < -0.39 is 0 Å². The molecule has 0 heterocycles. The molecule has 1 rings (SSSR count). The molecule has 0 radical (unpaired) electrons. The Morgan fingerprint density at radius 1 is 1.22 bits per heavy atom. The van der Waals surface area contributed by atoms with Gasteiger partial charge in [-0.15, -0.1) is 0 Å². The Kier molecular flexibility index (Phi) is 6.69. The molecule has 0 aliphatic heterocycles. The fourth-order valence-corrected chi connectivity index (χ4v) is 3.00. The zero-order valence-electron chi connectivity index (χ0n) is 12.2. The van der Waals surface area contributed by atoms with Crippen molar-refractivity contribution in [3.8, 4) is 0 Å². The Bertz CT molecular complexity index is 247. The van der Waals surface area contributed by atoms with E-state index in [0.717, 1.165) is 12.8 Å². The van der Waals surface area contributed by atoms with Gasteiger partial charge >= 0.3 is 0 Å². The first-order chi connectivity index (χ1) is 8.49. The maximum Gasteiger partial charge on any atom is 0.237 e. The van der Waals surface area contributed by atoms with Crippen LogP contribution in [0.4, 0.5) is 0 Å². The third-order valence-electron chi connectivity index (χ3n) is 3.86. The average Bonchev–Trinajstić information content (AvgIpc) is 2.28. The van der Waals surface area contributed by atoms with Crippen LogP contribution >= 0.6 is 0 Å². The van der Waals surface area contributed by atoms with Crippen molar-refractivity contribution in [2.24, 2.45) is 17.6 Å². The molecule has 0 spiro atoms. The van der Waals surface area contributed by atoms with Crippen LogP contribution in [0.1, 0.15) is 65.7 Å². The van der Waals surface area contributed by atoms with Gasteiger partial charge in [-0.05, 0) is 31.6 Å². The number of nitrogens with two attached hydrogens (primary N) is 1. The van der Waals surface area contributed by atoms with Crippen molar-refractivity contribution in [2.45, 2.75) is 77.8 Å². The van der Waals surface area contributed by atoms with Gasteiger partial charge in [0.05, 0.1) is 6.04 Å². The number of rotatable bonds is 6. The molecule has 1 aliphatic carbocycles. The summed E-state index contributed by atoms with van der Waals surface area (Å²) >= 11 is 0. The standard InChI is InChI=1S/C15H30N2O/c1-11(2)9-12(3)17-15(18)14(16)10-13-7-5-4-6-8-13/h11-14H,4-10,16H2,1-3H3,(H,17,18). The minimum absolute atomic E-state index is 0.0359. The molecule has 3 heteroatoms. The van der Waals surface area contributed by atoms with E-state index in [4.69, 9.17) is 5.73 Å². The van der Waals surface area contributed by atoms with Gasteiger partial charge in [0.15, 0.2) is 0 Å². The predicted molar refractivity (Wildman–Crippen MR) is 76.2 cm³/mol. The Labute approximate surface area is 112 Å². The van der Waals surface area contributed by atoms with E-state index >= 15 is 0 Å². The van der Waals surface area contributed by atoms with Gasteiger partial charge in [-0.2, -0.15) is 0 Å². The first-order valence-corrected chi connectivity index (χ1v) is 7.55. The molecular formula is C15H30N2O. The molecule has 0 aromatic carbocycles. The van der Waals surface area contributed by atoms with Crippen LogP contribution < -0.4 is 11.1 Å². The van der Waals surface area contributed by atoms with Crippen LogP contribution in [0.3, 0.4) is 0 Å². The van der Waals surface area contributed by atoms with E-state index in [1.807, 2.05) is 0 Å². The number of amides is 1. The van der Waals surface area contributed by atoms with Crippen molar-refractivity contribution in [3.05, 3.63) is 0 Å². The van der Waals surface area contributed by atoms with Crippen LogP contribution in [0.25, 0.3) is 0 Å². The minimum Gasteiger partial charge on any atom is -0.352 e. The second-order valence-corrected chi connectivity index (χ2v) is 6.39. The predicted octanol–water partition coefficient (Wildman–Crippen LogP) is 2.83. The number of nitrogens with one attached hydrogen (secondary N) is 1. The normalized spacial score (nSPS) is 20.7. The second kappa shape index (κ2) is 7.78. The van der Waals surface area contributed by atoms with Gasteiger partial charge in [-0.3, -0.25) is 4.79 Å². The highest BCUT2D eigenvalue weighted by atomic mass is 16.2. The minimum atomic E-state index is -0.317. The maximum absolute atomic E-state index is 12.0. The number of hydrogen-bond donors (Lipinski definition) is 2. The topological polar surface area (TPSA) is 55.1 Å². The quantitative estimate of drug-likeness (QED) is 0.766. The van der Waals surface area contributed by atoms with Gasteiger partial charge in [0.25, 0.3) is 0 Å². The molecule has 0 aromatic rings. The van der Waals surface area contributed by atoms with Crippen LogP contribution in [0, 0.1) is 11.8 Å². The first kappa shape index (κ1) is 15.5. The zero-order valence-corrected chi connectivity index (χ0v) is 12.2. The molecule has 106 valence electrons. The van der Waals surface area contributed by atoms with Crippen LogP contribution in [-0.2, 0) is 4.79 Å². The zero-order chi connectivity index (χ0) is 13.5. The summed E-state index contributed by atoms with van der Waals surface area (Å²) in [5.41, 5.74) is 6.02. The lowest BCUT2D eigenvalue weighted by Gasteiger charge is -2.25. The number of carbonyl (C=O) groups excluding carboxylic acids is 1. The second-order valence-electron chi connectivity index (χ2n) is 6.39. The molecule has 2 atom stereocenters. The molecule has 2 unspecified atom stereocenters. The lowest BCUT2D eigenvalue weighted by atomic mass is 9.85. The van der Waals surface area contributed by atoms with Crippen LogP contribution in [0.2, 0.25) is 0 Å². The third kappa shape index (κ3) is 5.85. The summed E-state index contributed by atoms with van der Waals surface area (Å²) in [6.07, 6.45) is 8.35. The summed E-state index contributed by atoms with van der Waals surface area (Å²) in [6, 6.07) is -0.0855. The van der Waals surface area contributed by atoms with E-state index in [1.54, 1.807) is 0 Å². The Morgan fingerprint density at radius 3 is 2.39 bits per heavy atom. The Balaban J connectivity index is 2.27. The summed E-state index contributed by atoms with van der Waals surface area (Å²) in [4.78, 5) is 12.0. The Morgan fingerprint density at radius 2 is 1.83 bits per heavy atom. The molecule has 0 bridgehead atoms. The van der Waals surface area contributed by atoms with Gasteiger partial charge in [0.1, 0.15) is 0 Å². The molecule has 3 nitrogen and oxygen atoms in total. The SMILES string of the molecule is CC(C)CC(C)NC(=O)C(N)CC1CCCCC1. The first-order valence-electron chi connectivity index (χ1n) is 7.55. The highest BCUT2D eigenvalue weighted by Crippen LogP contribution is 2.26. The monoisotopic (exact) mass is 254 g/mol. The molecule has 3 N–H and O–H groups in total. The largest absolute Gasteiger partial charge is 0.352 e. The molecule has 1 amide bonds. The van der Waals surface area contributed by atoms with Crippen LogP contribution in [-0.4, -0.2) is 18.0 Å². The molecule has 18 heavy (non-hydrogen) atoms.